The SMILES string of the molecule is C[C@H]1CNCCCCCN1Cc1ccc2cnccc2c1. The number of nitrogens with one attached hydrogen (secondary N) is 1. The van der Waals surface area contributed by atoms with Crippen LogP contribution in [0.3, 0.4) is 0 Å². The van der Waals surface area contributed by atoms with Gasteiger partial charge in [0.1, 0.15) is 0 Å². The molecule has 3 rings (SSSR count). The van der Waals surface area contributed by atoms with Crippen molar-refractivity contribution in [3.63, 3.8) is 0 Å². The minimum atomic E-state index is 0.594. The summed E-state index contributed by atoms with van der Waals surface area (Å²) >= 11 is 0. The zero-order chi connectivity index (χ0) is 14.5. The van der Waals surface area contributed by atoms with E-state index >= 15 is 0 Å². The first-order valence-electron chi connectivity index (χ1n) is 8.10. The van der Waals surface area contributed by atoms with Crippen LogP contribution in [0, 0.1) is 0 Å². The summed E-state index contributed by atoms with van der Waals surface area (Å²) in [7, 11) is 0. The van der Waals surface area contributed by atoms with Crippen molar-refractivity contribution in [3.8, 4) is 0 Å². The van der Waals surface area contributed by atoms with Gasteiger partial charge in [-0.05, 0) is 55.9 Å². The van der Waals surface area contributed by atoms with Crippen LogP contribution in [-0.4, -0.2) is 35.6 Å². The molecule has 3 heteroatoms. The molecule has 2 heterocycles. The minimum Gasteiger partial charge on any atom is -0.315 e. The molecule has 1 N–H and O–H groups in total. The molecule has 1 aromatic heterocycles. The fourth-order valence-corrected chi connectivity index (χ4v) is 3.10. The predicted molar refractivity (Wildman–Crippen MR) is 88.3 cm³/mol. The molecule has 0 radical (unpaired) electrons. The lowest BCUT2D eigenvalue weighted by Crippen LogP contribution is -2.39. The van der Waals surface area contributed by atoms with Gasteiger partial charge in [-0.3, -0.25) is 9.88 Å². The van der Waals surface area contributed by atoms with Crippen LogP contribution in [0.5, 0.6) is 0 Å². The topological polar surface area (TPSA) is 28.2 Å². The van der Waals surface area contributed by atoms with Crippen molar-refractivity contribution in [2.75, 3.05) is 19.6 Å². The van der Waals surface area contributed by atoms with Gasteiger partial charge in [-0.2, -0.15) is 0 Å². The van der Waals surface area contributed by atoms with E-state index in [-0.39, 0.29) is 0 Å². The van der Waals surface area contributed by atoms with Crippen LogP contribution in [0.2, 0.25) is 0 Å². The largest absolute Gasteiger partial charge is 0.315 e. The molecule has 1 saturated heterocycles. The quantitative estimate of drug-likeness (QED) is 0.917. The van der Waals surface area contributed by atoms with Crippen molar-refractivity contribution < 1.29 is 0 Å². The Morgan fingerprint density at radius 1 is 1.19 bits per heavy atom. The Balaban J connectivity index is 1.75. The summed E-state index contributed by atoms with van der Waals surface area (Å²) in [5, 5.41) is 6.08. The van der Waals surface area contributed by atoms with Gasteiger partial charge in [0.15, 0.2) is 0 Å². The smallest absolute Gasteiger partial charge is 0.0346 e. The molecule has 21 heavy (non-hydrogen) atoms. The molecule has 0 aliphatic carbocycles. The lowest BCUT2D eigenvalue weighted by molar-refractivity contribution is 0.198. The molecule has 0 amide bonds. The number of hydrogen-bond acceptors (Lipinski definition) is 3. The fraction of sp³-hybridized carbons (Fsp3) is 0.500. The molecule has 1 aromatic carbocycles. The van der Waals surface area contributed by atoms with Crippen molar-refractivity contribution in [3.05, 3.63) is 42.2 Å². The Bertz CT molecular complexity index is 581. The first kappa shape index (κ1) is 14.5. The van der Waals surface area contributed by atoms with Gasteiger partial charge in [0, 0.05) is 36.9 Å². The summed E-state index contributed by atoms with van der Waals surface area (Å²) in [6, 6.07) is 9.44. The summed E-state index contributed by atoms with van der Waals surface area (Å²) in [4.78, 5) is 6.80. The highest BCUT2D eigenvalue weighted by molar-refractivity contribution is 5.81. The molecule has 3 nitrogen and oxygen atoms in total. The van der Waals surface area contributed by atoms with Crippen LogP contribution in [0.15, 0.2) is 36.7 Å². The van der Waals surface area contributed by atoms with Gasteiger partial charge >= 0.3 is 0 Å². The molecular weight excluding hydrogens is 258 g/mol. The number of nitrogens with zero attached hydrogens (tertiary/aromatic N) is 2. The molecule has 1 atom stereocenters. The molecular formula is C18H25N3. The lowest BCUT2D eigenvalue weighted by atomic mass is 10.1. The summed E-state index contributed by atoms with van der Waals surface area (Å²) in [6.07, 6.45) is 7.76. The summed E-state index contributed by atoms with van der Waals surface area (Å²) in [6.45, 7) is 6.85. The minimum absolute atomic E-state index is 0.594. The molecule has 112 valence electrons. The van der Waals surface area contributed by atoms with Crippen molar-refractivity contribution >= 4 is 10.8 Å². The van der Waals surface area contributed by atoms with E-state index in [4.69, 9.17) is 0 Å². The fourth-order valence-electron chi connectivity index (χ4n) is 3.10. The number of benzene rings is 1. The van der Waals surface area contributed by atoms with Gasteiger partial charge in [-0.1, -0.05) is 18.6 Å². The van der Waals surface area contributed by atoms with E-state index in [2.05, 4.69) is 46.4 Å². The van der Waals surface area contributed by atoms with Crippen molar-refractivity contribution in [1.82, 2.24) is 15.2 Å². The highest BCUT2D eigenvalue weighted by Crippen LogP contribution is 2.17. The average molecular weight is 283 g/mol. The summed E-state index contributed by atoms with van der Waals surface area (Å²) in [5.41, 5.74) is 1.40. The van der Waals surface area contributed by atoms with Crippen LogP contribution in [-0.2, 0) is 6.54 Å². The van der Waals surface area contributed by atoms with E-state index in [0.29, 0.717) is 6.04 Å². The van der Waals surface area contributed by atoms with Crippen LogP contribution in [0.25, 0.3) is 10.8 Å². The number of pyridine rings is 1. The Morgan fingerprint density at radius 2 is 2.14 bits per heavy atom. The van der Waals surface area contributed by atoms with E-state index in [1.165, 1.54) is 48.7 Å². The normalized spacial score (nSPS) is 21.7. The van der Waals surface area contributed by atoms with Crippen LogP contribution < -0.4 is 5.32 Å². The van der Waals surface area contributed by atoms with E-state index in [1.807, 2.05) is 12.4 Å². The molecule has 1 aliphatic rings. The Labute approximate surface area is 127 Å². The Morgan fingerprint density at radius 3 is 3.10 bits per heavy atom. The number of hydrogen-bond donors (Lipinski definition) is 1. The van der Waals surface area contributed by atoms with E-state index in [0.717, 1.165) is 13.1 Å². The molecule has 0 saturated carbocycles. The Kier molecular flexibility index (Phi) is 4.84. The maximum atomic E-state index is 4.18. The first-order valence-corrected chi connectivity index (χ1v) is 8.10. The van der Waals surface area contributed by atoms with E-state index in [9.17, 15) is 0 Å². The average Bonchev–Trinajstić information content (AvgIpc) is 2.61. The summed E-state index contributed by atoms with van der Waals surface area (Å²) in [5.74, 6) is 0. The molecule has 0 spiro atoms. The monoisotopic (exact) mass is 283 g/mol. The second kappa shape index (κ2) is 7.01. The zero-order valence-corrected chi connectivity index (χ0v) is 12.9. The zero-order valence-electron chi connectivity index (χ0n) is 12.9. The van der Waals surface area contributed by atoms with Gasteiger partial charge in [-0.15, -0.1) is 0 Å². The number of rotatable bonds is 2. The summed E-state index contributed by atoms with van der Waals surface area (Å²) < 4.78 is 0. The van der Waals surface area contributed by atoms with Gasteiger partial charge < -0.3 is 5.32 Å². The molecule has 0 bridgehead atoms. The third-order valence-corrected chi connectivity index (χ3v) is 4.45. The number of aromatic nitrogens is 1. The van der Waals surface area contributed by atoms with Gasteiger partial charge in [-0.25, -0.2) is 0 Å². The molecule has 1 aliphatic heterocycles. The van der Waals surface area contributed by atoms with Crippen LogP contribution in [0.4, 0.5) is 0 Å². The van der Waals surface area contributed by atoms with E-state index < -0.39 is 0 Å². The third kappa shape index (κ3) is 3.80. The van der Waals surface area contributed by atoms with Crippen molar-refractivity contribution in [2.24, 2.45) is 0 Å². The maximum Gasteiger partial charge on any atom is 0.0346 e. The van der Waals surface area contributed by atoms with Crippen LogP contribution in [0.1, 0.15) is 31.7 Å². The predicted octanol–water partition coefficient (Wildman–Crippen LogP) is 3.20. The first-order chi connectivity index (χ1) is 10.3. The molecule has 1 fully saturated rings. The Hall–Kier alpha value is -1.45. The number of fused-ring (bicyclic) bond motifs is 1. The van der Waals surface area contributed by atoms with Crippen molar-refractivity contribution in [1.29, 1.82) is 0 Å². The van der Waals surface area contributed by atoms with Crippen LogP contribution >= 0.6 is 0 Å². The van der Waals surface area contributed by atoms with E-state index in [1.54, 1.807) is 0 Å². The third-order valence-electron chi connectivity index (χ3n) is 4.45. The van der Waals surface area contributed by atoms with Gasteiger partial charge in [0.2, 0.25) is 0 Å². The van der Waals surface area contributed by atoms with Crippen molar-refractivity contribution in [2.45, 2.75) is 38.8 Å². The van der Waals surface area contributed by atoms with Gasteiger partial charge in [0.05, 0.1) is 0 Å². The van der Waals surface area contributed by atoms with Gasteiger partial charge in [0.25, 0.3) is 0 Å². The molecule has 2 aromatic rings. The highest BCUT2D eigenvalue weighted by Gasteiger charge is 2.15. The maximum absolute atomic E-state index is 4.18. The standard InChI is InChI=1S/C18H25N3/c1-15-12-19-8-3-2-4-10-21(15)14-16-5-6-18-13-20-9-7-17(18)11-16/h5-7,9,11,13,15,19H,2-4,8,10,12,14H2,1H3/t15-/m0/s1. The highest BCUT2D eigenvalue weighted by atomic mass is 15.2. The second-order valence-corrected chi connectivity index (χ2v) is 6.14. The molecule has 0 unspecified atom stereocenters. The second-order valence-electron chi connectivity index (χ2n) is 6.14. The lowest BCUT2D eigenvalue weighted by Gasteiger charge is -2.28.